The number of halogens is 4. The highest BCUT2D eigenvalue weighted by atomic mass is 79.9. The lowest BCUT2D eigenvalue weighted by Crippen LogP contribution is -1.98. The first-order chi connectivity index (χ1) is 8.97. The molecule has 100 valence electrons. The monoisotopic (exact) mass is 511 g/mol. The van der Waals surface area contributed by atoms with Crippen molar-refractivity contribution in [1.29, 1.82) is 0 Å². The fourth-order valence-corrected chi connectivity index (χ4v) is 4.24. The van der Waals surface area contributed by atoms with E-state index >= 15 is 0 Å². The van der Waals surface area contributed by atoms with Gasteiger partial charge in [0.25, 0.3) is 0 Å². The quantitative estimate of drug-likeness (QED) is 0.518. The zero-order valence-corrected chi connectivity index (χ0v) is 15.9. The van der Waals surface area contributed by atoms with E-state index in [1.165, 1.54) is 0 Å². The van der Waals surface area contributed by atoms with Crippen molar-refractivity contribution in [2.24, 2.45) is 0 Å². The van der Waals surface area contributed by atoms with Crippen LogP contribution in [-0.2, 0) is 6.61 Å². The Morgan fingerprint density at radius 1 is 0.895 bits per heavy atom. The number of hydrogen-bond donors (Lipinski definition) is 1. The predicted octanol–water partition coefficient (Wildman–Crippen LogP) is 5.90. The smallest absolute Gasteiger partial charge is 0.148 e. The van der Waals surface area contributed by atoms with Crippen LogP contribution >= 0.6 is 63.7 Å². The van der Waals surface area contributed by atoms with Gasteiger partial charge in [0.15, 0.2) is 0 Å². The summed E-state index contributed by atoms with van der Waals surface area (Å²) in [4.78, 5) is 0. The molecule has 0 saturated heterocycles. The Bertz CT molecular complexity index is 593. The number of ether oxygens (including phenoxy) is 1. The van der Waals surface area contributed by atoms with Crippen LogP contribution in [0, 0.1) is 0 Å². The van der Waals surface area contributed by atoms with Crippen molar-refractivity contribution in [3.05, 3.63) is 53.8 Å². The van der Waals surface area contributed by atoms with Gasteiger partial charge in [0.1, 0.15) is 12.4 Å². The maximum atomic E-state index is 5.84. The third-order valence-corrected chi connectivity index (χ3v) is 4.76. The van der Waals surface area contributed by atoms with Crippen LogP contribution in [0.1, 0.15) is 5.56 Å². The maximum absolute atomic E-state index is 5.84. The second kappa shape index (κ2) is 6.61. The predicted molar refractivity (Wildman–Crippen MR) is 92.4 cm³/mol. The molecule has 0 radical (unpaired) electrons. The first kappa shape index (κ1) is 15.4. The van der Waals surface area contributed by atoms with Gasteiger partial charge in [-0.1, -0.05) is 22.0 Å². The molecular weight excluding hydrogens is 506 g/mol. The molecule has 0 aliphatic rings. The summed E-state index contributed by atoms with van der Waals surface area (Å²) in [6.07, 6.45) is 0. The molecule has 0 heterocycles. The topological polar surface area (TPSA) is 35.2 Å². The zero-order chi connectivity index (χ0) is 14.0. The van der Waals surface area contributed by atoms with Crippen LogP contribution in [0.4, 0.5) is 5.69 Å². The van der Waals surface area contributed by atoms with Crippen LogP contribution in [0.25, 0.3) is 0 Å². The fourth-order valence-electron chi connectivity index (χ4n) is 1.51. The molecule has 0 atom stereocenters. The van der Waals surface area contributed by atoms with Crippen molar-refractivity contribution in [3.63, 3.8) is 0 Å². The van der Waals surface area contributed by atoms with Gasteiger partial charge >= 0.3 is 0 Å². The Balaban J connectivity index is 2.16. The minimum Gasteiger partial charge on any atom is -0.487 e. The molecule has 2 aromatic rings. The Kier molecular flexibility index (Phi) is 5.34. The van der Waals surface area contributed by atoms with Gasteiger partial charge in [-0.15, -0.1) is 0 Å². The second-order valence-corrected chi connectivity index (χ2v) is 7.32. The van der Waals surface area contributed by atoms with E-state index in [9.17, 15) is 0 Å². The van der Waals surface area contributed by atoms with Crippen LogP contribution in [0.3, 0.4) is 0 Å². The highest BCUT2D eigenvalue weighted by Crippen LogP contribution is 2.37. The largest absolute Gasteiger partial charge is 0.487 e. The van der Waals surface area contributed by atoms with E-state index in [1.54, 1.807) is 0 Å². The van der Waals surface area contributed by atoms with Crippen molar-refractivity contribution in [1.82, 2.24) is 0 Å². The molecular formula is C13H9Br4NO. The zero-order valence-electron chi connectivity index (χ0n) is 9.59. The van der Waals surface area contributed by atoms with Crippen molar-refractivity contribution in [2.75, 3.05) is 5.73 Å². The van der Waals surface area contributed by atoms with Gasteiger partial charge < -0.3 is 10.5 Å². The Morgan fingerprint density at radius 3 is 2.11 bits per heavy atom. The highest BCUT2D eigenvalue weighted by molar-refractivity contribution is 9.11. The van der Waals surface area contributed by atoms with E-state index in [-0.39, 0.29) is 0 Å². The third-order valence-electron chi connectivity index (χ3n) is 2.41. The average Bonchev–Trinajstić information content (AvgIpc) is 2.32. The summed E-state index contributed by atoms with van der Waals surface area (Å²) in [5.41, 5.74) is 7.56. The molecule has 19 heavy (non-hydrogen) atoms. The van der Waals surface area contributed by atoms with Gasteiger partial charge in [0.2, 0.25) is 0 Å². The van der Waals surface area contributed by atoms with E-state index in [4.69, 9.17) is 10.5 Å². The summed E-state index contributed by atoms with van der Waals surface area (Å²) in [5, 5.41) is 0. The number of hydrogen-bond acceptors (Lipinski definition) is 2. The van der Waals surface area contributed by atoms with Crippen LogP contribution < -0.4 is 10.5 Å². The van der Waals surface area contributed by atoms with Gasteiger partial charge in [0.05, 0.1) is 8.95 Å². The van der Waals surface area contributed by atoms with E-state index < -0.39 is 0 Å². The van der Waals surface area contributed by atoms with Crippen molar-refractivity contribution >= 4 is 69.4 Å². The number of rotatable bonds is 3. The molecule has 0 unspecified atom stereocenters. The molecule has 2 nitrogen and oxygen atoms in total. The second-order valence-electron chi connectivity index (χ2n) is 3.84. The first-order valence-corrected chi connectivity index (χ1v) is 8.46. The Labute approximate surface area is 145 Å². The van der Waals surface area contributed by atoms with E-state index in [0.29, 0.717) is 12.3 Å². The first-order valence-electron chi connectivity index (χ1n) is 5.28. The average molecular weight is 515 g/mol. The van der Waals surface area contributed by atoms with Crippen LogP contribution in [0.5, 0.6) is 5.75 Å². The molecule has 2 aromatic carbocycles. The Hall–Kier alpha value is -0.0400. The molecule has 0 aliphatic carbocycles. The molecule has 0 saturated carbocycles. The lowest BCUT2D eigenvalue weighted by Gasteiger charge is -2.11. The number of nitrogen functional groups attached to an aromatic ring is 1. The molecule has 2 rings (SSSR count). The van der Waals surface area contributed by atoms with Gasteiger partial charge in [0, 0.05) is 14.6 Å². The van der Waals surface area contributed by atoms with Gasteiger partial charge in [-0.3, -0.25) is 0 Å². The SMILES string of the molecule is Nc1cc(COc2c(Br)cc(Br)cc2Br)ccc1Br. The summed E-state index contributed by atoms with van der Waals surface area (Å²) in [7, 11) is 0. The molecule has 2 N–H and O–H groups in total. The summed E-state index contributed by atoms with van der Waals surface area (Å²) in [6, 6.07) is 9.66. The normalized spacial score (nSPS) is 10.5. The van der Waals surface area contributed by atoms with Crippen LogP contribution in [0.15, 0.2) is 48.2 Å². The van der Waals surface area contributed by atoms with Gasteiger partial charge in [-0.05, 0) is 77.6 Å². The standard InChI is InChI=1S/C13H9Br4NO/c14-8-4-10(16)13(11(17)5-8)19-6-7-1-2-9(15)12(18)3-7/h1-5H,6,18H2. The molecule has 6 heteroatoms. The third kappa shape index (κ3) is 3.97. The molecule has 0 amide bonds. The van der Waals surface area contributed by atoms with Gasteiger partial charge in [-0.2, -0.15) is 0 Å². The number of anilines is 1. The minimum atomic E-state index is 0.455. The lowest BCUT2D eigenvalue weighted by atomic mass is 10.2. The molecule has 0 aromatic heterocycles. The molecule has 0 fully saturated rings. The summed E-state index contributed by atoms with van der Waals surface area (Å²) in [6.45, 7) is 0.455. The van der Waals surface area contributed by atoms with Crippen LogP contribution in [-0.4, -0.2) is 0 Å². The van der Waals surface area contributed by atoms with Crippen LogP contribution in [0.2, 0.25) is 0 Å². The molecule has 0 aliphatic heterocycles. The molecule has 0 bridgehead atoms. The maximum Gasteiger partial charge on any atom is 0.148 e. The van der Waals surface area contributed by atoms with E-state index in [1.807, 2.05) is 30.3 Å². The minimum absolute atomic E-state index is 0.455. The van der Waals surface area contributed by atoms with Crippen molar-refractivity contribution in [3.8, 4) is 5.75 Å². The number of benzene rings is 2. The van der Waals surface area contributed by atoms with Crippen molar-refractivity contribution < 1.29 is 4.74 Å². The highest BCUT2D eigenvalue weighted by Gasteiger charge is 2.09. The van der Waals surface area contributed by atoms with Crippen molar-refractivity contribution in [2.45, 2.75) is 6.61 Å². The fraction of sp³-hybridized carbons (Fsp3) is 0.0769. The summed E-state index contributed by atoms with van der Waals surface area (Å²) in [5.74, 6) is 0.768. The van der Waals surface area contributed by atoms with Gasteiger partial charge in [-0.25, -0.2) is 0 Å². The van der Waals surface area contributed by atoms with E-state index in [0.717, 1.165) is 29.2 Å². The summed E-state index contributed by atoms with van der Waals surface area (Å²) >= 11 is 13.8. The lowest BCUT2D eigenvalue weighted by molar-refractivity contribution is 0.302. The number of nitrogens with two attached hydrogens (primary N) is 1. The van der Waals surface area contributed by atoms with E-state index in [2.05, 4.69) is 63.7 Å². The summed E-state index contributed by atoms with van der Waals surface area (Å²) < 4.78 is 9.46. The molecule has 0 spiro atoms. The Morgan fingerprint density at radius 2 is 1.53 bits per heavy atom.